The van der Waals surface area contributed by atoms with E-state index in [1.807, 2.05) is 52.3 Å². The molecular formula is C27H34ClN3O3. The van der Waals surface area contributed by atoms with Gasteiger partial charge in [-0.25, -0.2) is 0 Å². The van der Waals surface area contributed by atoms with Crippen molar-refractivity contribution >= 4 is 23.4 Å². The van der Waals surface area contributed by atoms with Crippen molar-refractivity contribution in [3.05, 3.63) is 65.2 Å². The molecule has 2 aliphatic rings. The molecule has 2 fully saturated rings. The molecular weight excluding hydrogens is 450 g/mol. The summed E-state index contributed by atoms with van der Waals surface area (Å²) in [4.78, 5) is 32.1. The third-order valence-corrected chi connectivity index (χ3v) is 7.00. The molecule has 2 heterocycles. The van der Waals surface area contributed by atoms with Crippen LogP contribution < -0.4 is 4.74 Å². The third-order valence-electron chi connectivity index (χ3n) is 6.74. The second-order valence-electron chi connectivity index (χ2n) is 9.15. The summed E-state index contributed by atoms with van der Waals surface area (Å²) in [6.45, 7) is 6.01. The SMILES string of the molecule is O=C(CCOc1ccccc1)N1CCC(C(=O)N2CCCN(Cc3ccc(Cl)cc3)CC2)CC1. The number of rotatable bonds is 7. The molecule has 0 unspecified atom stereocenters. The van der Waals surface area contributed by atoms with Crippen LogP contribution in [-0.4, -0.2) is 72.4 Å². The summed E-state index contributed by atoms with van der Waals surface area (Å²) in [5.41, 5.74) is 1.25. The van der Waals surface area contributed by atoms with Crippen LogP contribution in [0.4, 0.5) is 0 Å². The number of hydrogen-bond acceptors (Lipinski definition) is 4. The van der Waals surface area contributed by atoms with Gasteiger partial charge in [-0.05, 0) is 49.1 Å². The van der Waals surface area contributed by atoms with E-state index in [0.717, 1.165) is 62.8 Å². The van der Waals surface area contributed by atoms with Crippen LogP contribution >= 0.6 is 11.6 Å². The second kappa shape index (κ2) is 12.2. The Morgan fingerprint density at radius 1 is 0.853 bits per heavy atom. The van der Waals surface area contributed by atoms with Gasteiger partial charge in [-0.1, -0.05) is 41.9 Å². The van der Waals surface area contributed by atoms with Gasteiger partial charge in [0.2, 0.25) is 11.8 Å². The van der Waals surface area contributed by atoms with Crippen LogP contribution in [0.5, 0.6) is 5.75 Å². The average molecular weight is 484 g/mol. The highest BCUT2D eigenvalue weighted by Gasteiger charge is 2.31. The largest absolute Gasteiger partial charge is 0.493 e. The fraction of sp³-hybridized carbons (Fsp3) is 0.481. The highest BCUT2D eigenvalue weighted by Crippen LogP contribution is 2.22. The number of amides is 2. The first-order chi connectivity index (χ1) is 16.6. The van der Waals surface area contributed by atoms with E-state index in [2.05, 4.69) is 17.0 Å². The molecule has 4 rings (SSSR count). The van der Waals surface area contributed by atoms with Crippen LogP contribution in [0.1, 0.15) is 31.2 Å². The van der Waals surface area contributed by atoms with Gasteiger partial charge in [0.15, 0.2) is 0 Å². The van der Waals surface area contributed by atoms with Crippen LogP contribution in [0.3, 0.4) is 0 Å². The van der Waals surface area contributed by atoms with Crippen molar-refractivity contribution in [2.75, 3.05) is 45.9 Å². The predicted molar refractivity (Wildman–Crippen MR) is 134 cm³/mol. The van der Waals surface area contributed by atoms with Gasteiger partial charge in [-0.15, -0.1) is 0 Å². The van der Waals surface area contributed by atoms with Crippen LogP contribution in [-0.2, 0) is 16.1 Å². The number of halogens is 1. The van der Waals surface area contributed by atoms with Gasteiger partial charge < -0.3 is 14.5 Å². The van der Waals surface area contributed by atoms with Crippen LogP contribution in [0.25, 0.3) is 0 Å². The molecule has 0 aromatic heterocycles. The summed E-state index contributed by atoms with van der Waals surface area (Å²) in [6, 6.07) is 17.5. The van der Waals surface area contributed by atoms with Crippen LogP contribution in [0.2, 0.25) is 5.02 Å². The minimum absolute atomic E-state index is 0.0208. The fourth-order valence-electron chi connectivity index (χ4n) is 4.76. The quantitative estimate of drug-likeness (QED) is 0.595. The van der Waals surface area contributed by atoms with E-state index < -0.39 is 0 Å². The maximum atomic E-state index is 13.2. The Labute approximate surface area is 207 Å². The van der Waals surface area contributed by atoms with E-state index in [0.29, 0.717) is 26.1 Å². The number of nitrogens with zero attached hydrogens (tertiary/aromatic N) is 3. The van der Waals surface area contributed by atoms with E-state index >= 15 is 0 Å². The van der Waals surface area contributed by atoms with E-state index in [9.17, 15) is 9.59 Å². The molecule has 0 bridgehead atoms. The van der Waals surface area contributed by atoms with Crippen molar-refractivity contribution in [1.29, 1.82) is 0 Å². The lowest BCUT2D eigenvalue weighted by molar-refractivity contribution is -0.140. The van der Waals surface area contributed by atoms with Crippen molar-refractivity contribution in [2.45, 2.75) is 32.2 Å². The van der Waals surface area contributed by atoms with Gasteiger partial charge in [0, 0.05) is 56.8 Å². The van der Waals surface area contributed by atoms with Crippen LogP contribution in [0.15, 0.2) is 54.6 Å². The lowest BCUT2D eigenvalue weighted by Gasteiger charge is -2.34. The van der Waals surface area contributed by atoms with E-state index in [1.165, 1.54) is 5.56 Å². The molecule has 0 spiro atoms. The molecule has 34 heavy (non-hydrogen) atoms. The smallest absolute Gasteiger partial charge is 0.225 e. The zero-order valence-electron chi connectivity index (χ0n) is 19.7. The number of hydrogen-bond donors (Lipinski definition) is 0. The highest BCUT2D eigenvalue weighted by atomic mass is 35.5. The van der Waals surface area contributed by atoms with Gasteiger partial charge in [0.05, 0.1) is 13.0 Å². The minimum Gasteiger partial charge on any atom is -0.493 e. The normalized spacial score (nSPS) is 17.9. The number of likely N-dealkylation sites (tertiary alicyclic amines) is 1. The van der Waals surface area contributed by atoms with E-state index in [-0.39, 0.29) is 17.7 Å². The average Bonchev–Trinajstić information content (AvgIpc) is 3.11. The van der Waals surface area contributed by atoms with Crippen molar-refractivity contribution < 1.29 is 14.3 Å². The molecule has 2 amide bonds. The molecule has 0 aliphatic carbocycles. The van der Waals surface area contributed by atoms with Crippen LogP contribution in [0, 0.1) is 5.92 Å². The standard InChI is InChI=1S/C27H34ClN3O3/c28-24-9-7-22(8-10-24)21-29-14-4-15-31(19-18-29)27(33)23-11-16-30(17-12-23)26(32)13-20-34-25-5-2-1-3-6-25/h1-3,5-10,23H,4,11-21H2. The number of para-hydroxylation sites is 1. The Morgan fingerprint density at radius 2 is 1.59 bits per heavy atom. The molecule has 0 atom stereocenters. The Kier molecular flexibility index (Phi) is 8.83. The molecule has 0 N–H and O–H groups in total. The Balaban J connectivity index is 1.18. The summed E-state index contributed by atoms with van der Waals surface area (Å²) in [5.74, 6) is 1.17. The molecule has 182 valence electrons. The maximum absolute atomic E-state index is 13.2. The monoisotopic (exact) mass is 483 g/mol. The minimum atomic E-state index is 0.0208. The van der Waals surface area contributed by atoms with Crippen molar-refractivity contribution in [2.24, 2.45) is 5.92 Å². The van der Waals surface area contributed by atoms with E-state index in [4.69, 9.17) is 16.3 Å². The number of carbonyl (C=O) groups excluding carboxylic acids is 2. The van der Waals surface area contributed by atoms with Gasteiger partial charge in [-0.3, -0.25) is 14.5 Å². The summed E-state index contributed by atoms with van der Waals surface area (Å²) in [6.07, 6.45) is 2.84. The first-order valence-electron chi connectivity index (χ1n) is 12.3. The molecule has 2 saturated heterocycles. The third kappa shape index (κ3) is 6.97. The number of ether oxygens (including phenoxy) is 1. The summed E-state index contributed by atoms with van der Waals surface area (Å²) in [7, 11) is 0. The summed E-state index contributed by atoms with van der Waals surface area (Å²) < 4.78 is 5.65. The molecule has 0 saturated carbocycles. The Bertz CT molecular complexity index is 930. The topological polar surface area (TPSA) is 53.1 Å². The van der Waals surface area contributed by atoms with Gasteiger partial charge in [0.1, 0.15) is 5.75 Å². The van der Waals surface area contributed by atoms with Gasteiger partial charge >= 0.3 is 0 Å². The van der Waals surface area contributed by atoms with E-state index in [1.54, 1.807) is 0 Å². The first-order valence-corrected chi connectivity index (χ1v) is 12.7. The number of carbonyl (C=O) groups is 2. The zero-order chi connectivity index (χ0) is 23.8. The molecule has 2 aromatic rings. The lowest BCUT2D eigenvalue weighted by Crippen LogP contribution is -2.45. The van der Waals surface area contributed by atoms with Crippen molar-refractivity contribution in [3.63, 3.8) is 0 Å². The van der Waals surface area contributed by atoms with Gasteiger partial charge in [0.25, 0.3) is 0 Å². The highest BCUT2D eigenvalue weighted by molar-refractivity contribution is 6.30. The molecule has 6 nitrogen and oxygen atoms in total. The Morgan fingerprint density at radius 3 is 2.32 bits per heavy atom. The molecule has 2 aromatic carbocycles. The summed E-state index contributed by atoms with van der Waals surface area (Å²) >= 11 is 6.00. The first kappa shape index (κ1) is 24.6. The Hall–Kier alpha value is -2.57. The number of benzene rings is 2. The zero-order valence-corrected chi connectivity index (χ0v) is 20.5. The molecule has 7 heteroatoms. The second-order valence-corrected chi connectivity index (χ2v) is 9.58. The van der Waals surface area contributed by atoms with Crippen molar-refractivity contribution in [1.82, 2.24) is 14.7 Å². The lowest BCUT2D eigenvalue weighted by atomic mass is 9.95. The number of piperidine rings is 1. The van der Waals surface area contributed by atoms with Crippen molar-refractivity contribution in [3.8, 4) is 5.75 Å². The maximum Gasteiger partial charge on any atom is 0.225 e. The molecule has 2 aliphatic heterocycles. The fourth-order valence-corrected chi connectivity index (χ4v) is 4.89. The molecule has 0 radical (unpaired) electrons. The summed E-state index contributed by atoms with van der Waals surface area (Å²) in [5, 5.41) is 0.754. The van der Waals surface area contributed by atoms with Gasteiger partial charge in [-0.2, -0.15) is 0 Å². The predicted octanol–water partition coefficient (Wildman–Crippen LogP) is 4.08.